The maximum Gasteiger partial charge on any atom is 0.255 e. The summed E-state index contributed by atoms with van der Waals surface area (Å²) >= 11 is 6.38. The van der Waals surface area contributed by atoms with Crippen LogP contribution >= 0.6 is 11.6 Å². The third-order valence-electron chi connectivity index (χ3n) is 6.45. The molecule has 0 spiro atoms. The van der Waals surface area contributed by atoms with E-state index in [1.54, 1.807) is 32.2 Å². The number of methoxy groups -OCH3 is 1. The van der Waals surface area contributed by atoms with Crippen LogP contribution in [0.2, 0.25) is 5.02 Å². The molecule has 4 rings (SSSR count). The number of hydrogen-bond donors (Lipinski definition) is 1. The number of amides is 2. The number of likely N-dealkylation sites (tertiary alicyclic amines) is 1. The SMILES string of the molecule is COc1cccc(C(=O)N2C[C@H]3C[C@@H](NC(C)=O)[C@H](OCC4CC4)C[C@H]3C2)c1Cl. The lowest BCUT2D eigenvalue weighted by Crippen LogP contribution is -2.50. The minimum atomic E-state index is -0.0603. The van der Waals surface area contributed by atoms with Crippen molar-refractivity contribution >= 4 is 23.4 Å². The van der Waals surface area contributed by atoms with E-state index in [-0.39, 0.29) is 24.0 Å². The first-order chi connectivity index (χ1) is 14.0. The van der Waals surface area contributed by atoms with Crippen LogP contribution < -0.4 is 10.1 Å². The summed E-state index contributed by atoms with van der Waals surface area (Å²) in [4.78, 5) is 26.7. The molecule has 4 atom stereocenters. The van der Waals surface area contributed by atoms with Gasteiger partial charge in [0.25, 0.3) is 5.91 Å². The van der Waals surface area contributed by atoms with Gasteiger partial charge in [-0.15, -0.1) is 0 Å². The molecule has 7 heteroatoms. The molecule has 0 unspecified atom stereocenters. The number of ether oxygens (including phenoxy) is 2. The molecule has 2 saturated carbocycles. The maximum atomic E-state index is 13.1. The molecule has 1 aromatic rings. The number of nitrogens with one attached hydrogen (secondary N) is 1. The second kappa shape index (κ2) is 8.52. The highest BCUT2D eigenvalue weighted by molar-refractivity contribution is 6.35. The third kappa shape index (κ3) is 4.53. The molecule has 0 bridgehead atoms. The average molecular weight is 421 g/mol. The quantitative estimate of drug-likeness (QED) is 0.767. The second-order valence-electron chi connectivity index (χ2n) is 8.65. The molecule has 0 radical (unpaired) electrons. The van der Waals surface area contributed by atoms with Crippen LogP contribution in [-0.2, 0) is 9.53 Å². The van der Waals surface area contributed by atoms with Gasteiger partial charge in [0.15, 0.2) is 0 Å². The van der Waals surface area contributed by atoms with Crippen LogP contribution in [0.5, 0.6) is 5.75 Å². The smallest absolute Gasteiger partial charge is 0.255 e. The number of halogens is 1. The maximum absolute atomic E-state index is 13.1. The molecule has 1 heterocycles. The normalized spacial score (nSPS) is 28.7. The van der Waals surface area contributed by atoms with Crippen molar-refractivity contribution in [2.75, 3.05) is 26.8 Å². The van der Waals surface area contributed by atoms with Crippen LogP contribution in [0.25, 0.3) is 0 Å². The van der Waals surface area contributed by atoms with Gasteiger partial charge in [0.05, 0.1) is 29.8 Å². The van der Waals surface area contributed by atoms with Crippen molar-refractivity contribution in [3.63, 3.8) is 0 Å². The van der Waals surface area contributed by atoms with Gasteiger partial charge >= 0.3 is 0 Å². The third-order valence-corrected chi connectivity index (χ3v) is 6.84. The summed E-state index contributed by atoms with van der Waals surface area (Å²) in [5, 5.41) is 3.44. The first-order valence-corrected chi connectivity index (χ1v) is 10.8. The van der Waals surface area contributed by atoms with E-state index >= 15 is 0 Å². The number of hydrogen-bond acceptors (Lipinski definition) is 4. The van der Waals surface area contributed by atoms with Gasteiger partial charge in [-0.1, -0.05) is 17.7 Å². The summed E-state index contributed by atoms with van der Waals surface area (Å²) in [6.07, 6.45) is 4.23. The van der Waals surface area contributed by atoms with Crippen molar-refractivity contribution in [3.8, 4) is 5.75 Å². The summed E-state index contributed by atoms with van der Waals surface area (Å²) in [5.41, 5.74) is 0.476. The van der Waals surface area contributed by atoms with Crippen LogP contribution in [0.4, 0.5) is 0 Å². The lowest BCUT2D eigenvalue weighted by molar-refractivity contribution is -0.122. The standard InChI is InChI=1S/C22H29ClN2O4/c1-13(26)24-18-8-15-10-25(11-16(15)9-20(18)29-12-14-6-7-14)22(27)17-4-3-5-19(28-2)21(17)23/h3-5,14-16,18,20H,6-12H2,1-2H3,(H,24,26)/t15-,16+,18-,20-/m1/s1. The molecule has 3 aliphatic rings. The fourth-order valence-corrected chi connectivity index (χ4v) is 5.01. The van der Waals surface area contributed by atoms with E-state index in [0.717, 1.165) is 19.4 Å². The van der Waals surface area contributed by atoms with Gasteiger partial charge in [-0.25, -0.2) is 0 Å². The lowest BCUT2D eigenvalue weighted by atomic mass is 9.77. The van der Waals surface area contributed by atoms with Crippen molar-refractivity contribution in [2.45, 2.75) is 44.8 Å². The second-order valence-corrected chi connectivity index (χ2v) is 9.02. The zero-order chi connectivity index (χ0) is 20.5. The van der Waals surface area contributed by atoms with Crippen molar-refractivity contribution < 1.29 is 19.1 Å². The molecule has 6 nitrogen and oxygen atoms in total. The van der Waals surface area contributed by atoms with E-state index in [9.17, 15) is 9.59 Å². The van der Waals surface area contributed by atoms with Gasteiger partial charge in [-0.2, -0.15) is 0 Å². The summed E-state index contributed by atoms with van der Waals surface area (Å²) in [6.45, 7) is 3.72. The molecule has 29 heavy (non-hydrogen) atoms. The summed E-state index contributed by atoms with van der Waals surface area (Å²) < 4.78 is 11.5. The van der Waals surface area contributed by atoms with Gasteiger partial charge in [-0.05, 0) is 55.6 Å². The monoisotopic (exact) mass is 420 g/mol. The first-order valence-electron chi connectivity index (χ1n) is 10.5. The molecule has 1 N–H and O–H groups in total. The Kier molecular flexibility index (Phi) is 6.02. The Bertz CT molecular complexity index is 782. The highest BCUT2D eigenvalue weighted by atomic mass is 35.5. The molecule has 2 aliphatic carbocycles. The molecular formula is C22H29ClN2O4. The van der Waals surface area contributed by atoms with E-state index in [0.29, 0.717) is 47.2 Å². The number of carbonyl (C=O) groups is 2. The first kappa shape index (κ1) is 20.5. The Hall–Kier alpha value is -1.79. The number of nitrogens with zero attached hydrogens (tertiary/aromatic N) is 1. The molecule has 158 valence electrons. The molecular weight excluding hydrogens is 392 g/mol. The minimum Gasteiger partial charge on any atom is -0.495 e. The van der Waals surface area contributed by atoms with Crippen molar-refractivity contribution in [2.24, 2.45) is 17.8 Å². The molecule has 2 amide bonds. The van der Waals surface area contributed by atoms with Gasteiger partial charge in [-0.3, -0.25) is 9.59 Å². The fourth-order valence-electron chi connectivity index (χ4n) is 4.72. The van der Waals surface area contributed by atoms with E-state index < -0.39 is 0 Å². The van der Waals surface area contributed by atoms with Crippen molar-refractivity contribution in [1.29, 1.82) is 0 Å². The lowest BCUT2D eigenvalue weighted by Gasteiger charge is -2.38. The zero-order valence-electron chi connectivity index (χ0n) is 17.0. The summed E-state index contributed by atoms with van der Waals surface area (Å²) in [7, 11) is 1.55. The Labute approximate surface area is 176 Å². The molecule has 3 fully saturated rings. The number of benzene rings is 1. The highest BCUT2D eigenvalue weighted by Gasteiger charge is 2.44. The Morgan fingerprint density at radius 2 is 1.93 bits per heavy atom. The summed E-state index contributed by atoms with van der Waals surface area (Å²) in [5.74, 6) is 1.85. The molecule has 1 saturated heterocycles. The predicted molar refractivity (Wildman–Crippen MR) is 110 cm³/mol. The Morgan fingerprint density at radius 3 is 2.59 bits per heavy atom. The van der Waals surface area contributed by atoms with Gasteiger partial charge in [0.2, 0.25) is 5.91 Å². The van der Waals surface area contributed by atoms with Gasteiger partial charge in [0, 0.05) is 26.6 Å². The number of fused-ring (bicyclic) bond motifs is 1. The van der Waals surface area contributed by atoms with Crippen molar-refractivity contribution in [1.82, 2.24) is 10.2 Å². The van der Waals surface area contributed by atoms with E-state index in [4.69, 9.17) is 21.1 Å². The molecule has 1 aromatic carbocycles. The minimum absolute atomic E-state index is 0.0166. The highest BCUT2D eigenvalue weighted by Crippen LogP contribution is 2.40. The van der Waals surface area contributed by atoms with E-state index in [1.165, 1.54) is 12.8 Å². The van der Waals surface area contributed by atoms with Crippen LogP contribution in [-0.4, -0.2) is 55.7 Å². The van der Waals surface area contributed by atoms with E-state index in [2.05, 4.69) is 5.32 Å². The van der Waals surface area contributed by atoms with Gasteiger partial charge in [0.1, 0.15) is 5.75 Å². The molecule has 1 aliphatic heterocycles. The topological polar surface area (TPSA) is 67.9 Å². The Morgan fingerprint density at radius 1 is 1.21 bits per heavy atom. The number of rotatable bonds is 6. The van der Waals surface area contributed by atoms with Crippen molar-refractivity contribution in [3.05, 3.63) is 28.8 Å². The van der Waals surface area contributed by atoms with Crippen LogP contribution in [0.1, 0.15) is 43.0 Å². The van der Waals surface area contributed by atoms with Crippen LogP contribution in [0.15, 0.2) is 18.2 Å². The largest absolute Gasteiger partial charge is 0.495 e. The summed E-state index contributed by atoms with van der Waals surface area (Å²) in [6, 6.07) is 5.30. The van der Waals surface area contributed by atoms with E-state index in [1.807, 2.05) is 4.90 Å². The van der Waals surface area contributed by atoms with Crippen LogP contribution in [0, 0.1) is 17.8 Å². The zero-order valence-corrected chi connectivity index (χ0v) is 17.8. The predicted octanol–water partition coefficient (Wildman–Crippen LogP) is 3.13. The Balaban J connectivity index is 1.45. The van der Waals surface area contributed by atoms with Gasteiger partial charge < -0.3 is 19.7 Å². The average Bonchev–Trinajstić information content (AvgIpc) is 3.43. The molecule has 0 aromatic heterocycles. The number of carbonyl (C=O) groups excluding carboxylic acids is 2. The van der Waals surface area contributed by atoms with Crippen LogP contribution in [0.3, 0.4) is 0 Å². The fraction of sp³-hybridized carbons (Fsp3) is 0.636.